The van der Waals surface area contributed by atoms with Crippen LogP contribution in [0.25, 0.3) is 10.9 Å². The van der Waals surface area contributed by atoms with Crippen LogP contribution in [0.15, 0.2) is 66.7 Å². The van der Waals surface area contributed by atoms with E-state index in [9.17, 15) is 13.9 Å². The van der Waals surface area contributed by atoms with Crippen molar-refractivity contribution in [2.75, 3.05) is 27.7 Å². The van der Waals surface area contributed by atoms with E-state index in [-0.39, 0.29) is 12.0 Å². The number of nitrogens with zero attached hydrogens (tertiary/aromatic N) is 2. The fourth-order valence-electron chi connectivity index (χ4n) is 4.32. The highest BCUT2D eigenvalue weighted by atomic mass is 19.1. The first-order valence-electron chi connectivity index (χ1n) is 11.6. The van der Waals surface area contributed by atoms with Gasteiger partial charge in [0, 0.05) is 30.0 Å². The summed E-state index contributed by atoms with van der Waals surface area (Å²) in [5, 5.41) is 12.6. The largest absolute Gasteiger partial charge is 0.481 e. The maximum Gasteiger partial charge on any atom is 0.217 e. The molecule has 0 radical (unpaired) electrons. The number of hydrogen-bond donors (Lipinski definition) is 1. The lowest BCUT2D eigenvalue weighted by atomic mass is 9.82. The summed E-state index contributed by atoms with van der Waals surface area (Å²) in [6, 6.07) is 18.9. The number of halogens is 2. The van der Waals surface area contributed by atoms with Gasteiger partial charge in [0.2, 0.25) is 5.88 Å². The van der Waals surface area contributed by atoms with Crippen molar-refractivity contribution >= 4 is 10.9 Å². The quantitative estimate of drug-likeness (QED) is 0.359. The average molecular weight is 477 g/mol. The Morgan fingerprint density at radius 2 is 1.60 bits per heavy atom. The van der Waals surface area contributed by atoms with Gasteiger partial charge in [0.1, 0.15) is 17.2 Å². The van der Waals surface area contributed by atoms with Crippen LogP contribution in [0.2, 0.25) is 0 Å². The van der Waals surface area contributed by atoms with Crippen LogP contribution in [0.4, 0.5) is 8.78 Å². The van der Waals surface area contributed by atoms with Gasteiger partial charge in [-0.05, 0) is 74.5 Å². The number of aliphatic hydroxyl groups is 1. The zero-order valence-electron chi connectivity index (χ0n) is 20.5. The van der Waals surface area contributed by atoms with Crippen LogP contribution in [0.5, 0.6) is 5.88 Å². The van der Waals surface area contributed by atoms with Gasteiger partial charge in [-0.25, -0.2) is 13.8 Å². The van der Waals surface area contributed by atoms with Crippen molar-refractivity contribution in [3.8, 4) is 5.88 Å². The minimum absolute atomic E-state index is 0.178. The number of ether oxygens (including phenoxy) is 1. The van der Waals surface area contributed by atoms with Crippen LogP contribution >= 0.6 is 0 Å². The van der Waals surface area contributed by atoms with Crippen molar-refractivity contribution in [3.63, 3.8) is 0 Å². The molecule has 0 aliphatic carbocycles. The number of aryl methyl sites for hydroxylation is 1. The predicted molar refractivity (Wildman–Crippen MR) is 135 cm³/mol. The number of pyridine rings is 1. The topological polar surface area (TPSA) is 45.6 Å². The van der Waals surface area contributed by atoms with E-state index in [0.717, 1.165) is 22.6 Å². The first-order valence-corrected chi connectivity index (χ1v) is 11.6. The van der Waals surface area contributed by atoms with Gasteiger partial charge in [-0.1, -0.05) is 35.9 Å². The number of fused-ring (bicyclic) bond motifs is 1. The second-order valence-corrected chi connectivity index (χ2v) is 9.30. The number of hydrogen-bond acceptors (Lipinski definition) is 4. The minimum atomic E-state index is -1.58. The first kappa shape index (κ1) is 24.8. The van der Waals surface area contributed by atoms with Crippen molar-refractivity contribution in [1.29, 1.82) is 0 Å². The monoisotopic (exact) mass is 476 g/mol. The summed E-state index contributed by atoms with van der Waals surface area (Å²) in [7, 11) is 5.38. The molecule has 0 aliphatic rings. The molecule has 6 heteroatoms. The second-order valence-electron chi connectivity index (χ2n) is 9.30. The van der Waals surface area contributed by atoms with E-state index in [1.165, 1.54) is 17.7 Å². The highest BCUT2D eigenvalue weighted by Gasteiger charge is 2.33. The molecule has 0 fully saturated rings. The van der Waals surface area contributed by atoms with E-state index in [1.807, 2.05) is 38.1 Å². The van der Waals surface area contributed by atoms with Gasteiger partial charge < -0.3 is 14.7 Å². The summed E-state index contributed by atoms with van der Waals surface area (Å²) in [6.45, 7) is 2.57. The molecule has 182 valence electrons. The van der Waals surface area contributed by atoms with Crippen molar-refractivity contribution < 1.29 is 18.6 Å². The summed E-state index contributed by atoms with van der Waals surface area (Å²) in [5.41, 5.74) is 3.07. The van der Waals surface area contributed by atoms with Gasteiger partial charge in [-0.15, -0.1) is 0 Å². The van der Waals surface area contributed by atoms with Crippen LogP contribution in [0.3, 0.4) is 0 Å². The molecule has 4 nitrogen and oxygen atoms in total. The Bertz CT molecular complexity index is 1320. The van der Waals surface area contributed by atoms with E-state index in [0.29, 0.717) is 29.9 Å². The van der Waals surface area contributed by atoms with E-state index in [1.54, 1.807) is 19.2 Å². The molecule has 35 heavy (non-hydrogen) atoms. The lowest BCUT2D eigenvalue weighted by Gasteiger charge is -2.31. The van der Waals surface area contributed by atoms with Crippen molar-refractivity contribution in [2.45, 2.75) is 25.4 Å². The molecule has 1 unspecified atom stereocenters. The lowest BCUT2D eigenvalue weighted by molar-refractivity contribution is 0.0624. The molecule has 1 N–H and O–H groups in total. The molecule has 0 bridgehead atoms. The number of aromatic nitrogens is 1. The Labute approximate surface area is 204 Å². The third-order valence-corrected chi connectivity index (χ3v) is 6.30. The van der Waals surface area contributed by atoms with Crippen LogP contribution in [-0.2, 0) is 12.0 Å². The highest BCUT2D eigenvalue weighted by molar-refractivity contribution is 5.81. The van der Waals surface area contributed by atoms with Crippen molar-refractivity contribution in [2.24, 2.45) is 0 Å². The summed E-state index contributed by atoms with van der Waals surface area (Å²) in [6.07, 6.45) is 0.894. The van der Waals surface area contributed by atoms with E-state index in [2.05, 4.69) is 29.2 Å². The van der Waals surface area contributed by atoms with Crippen LogP contribution < -0.4 is 4.74 Å². The number of methoxy groups -OCH3 is 1. The molecular formula is C29H30F2N2O2. The van der Waals surface area contributed by atoms with E-state index < -0.39 is 17.2 Å². The SMILES string of the molecule is COc1nc2ccc(C(O)(CCN(C)C)c3cc(F)cc(F)c3)cc2cc1Cc1ccc(C)cc1. The molecule has 0 amide bonds. The third kappa shape index (κ3) is 5.50. The van der Waals surface area contributed by atoms with Gasteiger partial charge in [0.25, 0.3) is 0 Å². The van der Waals surface area contributed by atoms with Crippen LogP contribution in [0, 0.1) is 18.6 Å². The molecule has 1 heterocycles. The molecule has 0 saturated heterocycles. The zero-order valence-corrected chi connectivity index (χ0v) is 20.5. The van der Waals surface area contributed by atoms with E-state index in [4.69, 9.17) is 4.74 Å². The van der Waals surface area contributed by atoms with Gasteiger partial charge >= 0.3 is 0 Å². The third-order valence-electron chi connectivity index (χ3n) is 6.30. The maximum atomic E-state index is 14.1. The Balaban J connectivity index is 1.81. The summed E-state index contributed by atoms with van der Waals surface area (Å²) >= 11 is 0. The van der Waals surface area contributed by atoms with Crippen molar-refractivity contribution in [1.82, 2.24) is 9.88 Å². The molecule has 0 aliphatic heterocycles. The minimum Gasteiger partial charge on any atom is -0.481 e. The van der Waals surface area contributed by atoms with Gasteiger partial charge in [0.15, 0.2) is 0 Å². The van der Waals surface area contributed by atoms with Crippen LogP contribution in [0.1, 0.15) is 34.2 Å². The summed E-state index contributed by atoms with van der Waals surface area (Å²) in [5.74, 6) is -0.910. The summed E-state index contributed by atoms with van der Waals surface area (Å²) in [4.78, 5) is 6.60. The molecular weight excluding hydrogens is 446 g/mol. The smallest absolute Gasteiger partial charge is 0.217 e. The fourth-order valence-corrected chi connectivity index (χ4v) is 4.32. The zero-order chi connectivity index (χ0) is 25.2. The first-order chi connectivity index (χ1) is 16.7. The van der Waals surface area contributed by atoms with Crippen molar-refractivity contribution in [3.05, 3.63) is 106 Å². The molecule has 3 aromatic carbocycles. The highest BCUT2D eigenvalue weighted by Crippen LogP contribution is 2.36. The molecule has 4 aromatic rings. The number of rotatable bonds is 8. The standard InChI is InChI=1S/C29H30F2N2O2/c1-19-5-7-20(8-6-19)13-22-14-21-15-23(9-10-27(21)32-28(22)35-4)29(34,11-12-33(2)3)24-16-25(30)18-26(31)17-24/h5-10,14-18,34H,11-13H2,1-4H3. The Hall–Kier alpha value is -3.35. The van der Waals surface area contributed by atoms with E-state index >= 15 is 0 Å². The Morgan fingerprint density at radius 1 is 0.914 bits per heavy atom. The Morgan fingerprint density at radius 3 is 2.23 bits per heavy atom. The van der Waals surface area contributed by atoms with Crippen LogP contribution in [-0.4, -0.2) is 42.7 Å². The van der Waals surface area contributed by atoms with Gasteiger partial charge in [-0.3, -0.25) is 0 Å². The molecule has 1 atom stereocenters. The molecule has 4 rings (SSSR count). The molecule has 0 spiro atoms. The lowest BCUT2D eigenvalue weighted by Crippen LogP contribution is -2.32. The summed E-state index contributed by atoms with van der Waals surface area (Å²) < 4.78 is 33.8. The predicted octanol–water partition coefficient (Wildman–Crippen LogP) is 5.61. The maximum absolute atomic E-state index is 14.1. The second kappa shape index (κ2) is 10.1. The molecule has 0 saturated carbocycles. The fraction of sp³-hybridized carbons (Fsp3) is 0.276. The number of benzene rings is 3. The normalized spacial score (nSPS) is 13.3. The van der Waals surface area contributed by atoms with Gasteiger partial charge in [0.05, 0.1) is 12.6 Å². The Kier molecular flexibility index (Phi) is 7.15. The average Bonchev–Trinajstić information content (AvgIpc) is 2.82. The molecule has 1 aromatic heterocycles. The van der Waals surface area contributed by atoms with Gasteiger partial charge in [-0.2, -0.15) is 0 Å².